The quantitative estimate of drug-likeness (QED) is 0.671. The molecule has 0 radical (unpaired) electrons. The predicted octanol–water partition coefficient (Wildman–Crippen LogP) is 0.0958. The van der Waals surface area contributed by atoms with Crippen molar-refractivity contribution in [1.29, 1.82) is 5.26 Å². The molecule has 1 atom stereocenters. The number of nitriles is 1. The predicted molar refractivity (Wildman–Crippen MR) is 48.6 cm³/mol. The second kappa shape index (κ2) is 3.35. The van der Waals surface area contributed by atoms with Crippen molar-refractivity contribution in [3.8, 4) is 6.07 Å². The Morgan fingerprint density at radius 2 is 2.38 bits per heavy atom. The van der Waals surface area contributed by atoms with Gasteiger partial charge in [0, 0.05) is 13.1 Å². The molecular formula is C9H15N3O. The lowest BCUT2D eigenvalue weighted by Gasteiger charge is -2.41. The Hall–Kier alpha value is -1.08. The Balaban J connectivity index is 2.48. The molecule has 4 heteroatoms. The average Bonchev–Trinajstić information content (AvgIpc) is 1.97. The van der Waals surface area contributed by atoms with Gasteiger partial charge < -0.3 is 5.73 Å². The van der Waals surface area contributed by atoms with Crippen molar-refractivity contribution in [3.63, 3.8) is 0 Å². The highest BCUT2D eigenvalue weighted by atomic mass is 16.1. The number of carbonyl (C=O) groups is 1. The van der Waals surface area contributed by atoms with Gasteiger partial charge in [0.1, 0.15) is 0 Å². The summed E-state index contributed by atoms with van der Waals surface area (Å²) in [5, 5.41) is 8.79. The van der Waals surface area contributed by atoms with Crippen LogP contribution >= 0.6 is 0 Å². The fraction of sp³-hybridized carbons (Fsp3) is 0.778. The lowest BCUT2D eigenvalue weighted by atomic mass is 9.91. The lowest BCUT2D eigenvalue weighted by Crippen LogP contribution is -2.57. The summed E-state index contributed by atoms with van der Waals surface area (Å²) in [4.78, 5) is 12.8. The smallest absolute Gasteiger partial charge is 0.234 e. The highest BCUT2D eigenvalue weighted by Gasteiger charge is 2.35. The van der Waals surface area contributed by atoms with Crippen LogP contribution in [0.25, 0.3) is 0 Å². The Kier molecular flexibility index (Phi) is 2.58. The van der Waals surface area contributed by atoms with Gasteiger partial charge in [0.2, 0.25) is 5.91 Å². The van der Waals surface area contributed by atoms with Crippen LogP contribution in [0.4, 0.5) is 0 Å². The lowest BCUT2D eigenvalue weighted by molar-refractivity contribution is -0.128. The molecule has 1 heterocycles. The molecule has 0 aromatic rings. The molecule has 1 rings (SSSR count). The molecule has 4 nitrogen and oxygen atoms in total. The molecule has 1 unspecified atom stereocenters. The summed E-state index contributed by atoms with van der Waals surface area (Å²) in [6, 6.07) is 2.06. The number of amides is 1. The number of nitrogens with two attached hydrogens (primary N) is 1. The minimum absolute atomic E-state index is 0.146. The first kappa shape index (κ1) is 10.0. The van der Waals surface area contributed by atoms with Gasteiger partial charge in [-0.1, -0.05) is 0 Å². The highest BCUT2D eigenvalue weighted by Crippen LogP contribution is 2.23. The Morgan fingerprint density at radius 1 is 1.77 bits per heavy atom. The number of primary amides is 1. The third-order valence-corrected chi connectivity index (χ3v) is 2.36. The number of hydrogen-bond acceptors (Lipinski definition) is 3. The van der Waals surface area contributed by atoms with E-state index in [1.165, 1.54) is 0 Å². The van der Waals surface area contributed by atoms with Crippen LogP contribution in [-0.4, -0.2) is 29.9 Å². The first-order valence-corrected chi connectivity index (χ1v) is 4.41. The van der Waals surface area contributed by atoms with E-state index < -0.39 is 5.41 Å². The third kappa shape index (κ3) is 2.19. The highest BCUT2D eigenvalue weighted by molar-refractivity contribution is 5.80. The van der Waals surface area contributed by atoms with Crippen LogP contribution < -0.4 is 5.73 Å². The molecule has 0 aromatic heterocycles. The van der Waals surface area contributed by atoms with Crippen molar-refractivity contribution in [1.82, 2.24) is 4.90 Å². The largest absolute Gasteiger partial charge is 0.368 e. The van der Waals surface area contributed by atoms with E-state index in [2.05, 4.69) is 6.07 Å². The van der Waals surface area contributed by atoms with Crippen LogP contribution in [0.5, 0.6) is 0 Å². The van der Waals surface area contributed by atoms with Gasteiger partial charge in [0.05, 0.1) is 17.5 Å². The van der Waals surface area contributed by atoms with Gasteiger partial charge in [-0.2, -0.15) is 5.26 Å². The summed E-state index contributed by atoms with van der Waals surface area (Å²) in [5.74, 6) is -0.278. The van der Waals surface area contributed by atoms with Gasteiger partial charge in [-0.15, -0.1) is 0 Å². The SMILES string of the molecule is CC(C)(C#N)CN1CCC1C(N)=O. The monoisotopic (exact) mass is 181 g/mol. The Bertz CT molecular complexity index is 254. The second-order valence-electron chi connectivity index (χ2n) is 4.17. The normalized spacial score (nSPS) is 23.3. The average molecular weight is 181 g/mol. The van der Waals surface area contributed by atoms with Crippen molar-refractivity contribution in [3.05, 3.63) is 0 Å². The molecule has 0 saturated carbocycles. The minimum atomic E-state index is -0.395. The van der Waals surface area contributed by atoms with E-state index >= 15 is 0 Å². The zero-order chi connectivity index (χ0) is 10.1. The molecule has 72 valence electrons. The van der Waals surface area contributed by atoms with Crippen molar-refractivity contribution in [2.45, 2.75) is 26.3 Å². The standard InChI is InChI=1S/C9H15N3O/c1-9(2,5-10)6-12-4-3-7(12)8(11)13/h7H,3-4,6H2,1-2H3,(H2,11,13). The molecular weight excluding hydrogens is 166 g/mol. The summed E-state index contributed by atoms with van der Waals surface area (Å²) in [6.07, 6.45) is 0.830. The molecule has 1 aliphatic rings. The number of rotatable bonds is 3. The van der Waals surface area contributed by atoms with Crippen LogP contribution in [0.15, 0.2) is 0 Å². The zero-order valence-corrected chi connectivity index (χ0v) is 8.08. The minimum Gasteiger partial charge on any atom is -0.368 e. The summed E-state index contributed by atoms with van der Waals surface area (Å²) in [5.41, 5.74) is 4.79. The van der Waals surface area contributed by atoms with Gasteiger partial charge in [0.25, 0.3) is 0 Å². The molecule has 0 aromatic carbocycles. The maximum atomic E-state index is 10.9. The van der Waals surface area contributed by atoms with Crippen LogP contribution in [0.2, 0.25) is 0 Å². The topological polar surface area (TPSA) is 70.1 Å². The molecule has 1 aliphatic heterocycles. The molecule has 0 spiro atoms. The van der Waals surface area contributed by atoms with Crippen molar-refractivity contribution in [2.75, 3.05) is 13.1 Å². The molecule has 1 amide bonds. The zero-order valence-electron chi connectivity index (χ0n) is 8.08. The van der Waals surface area contributed by atoms with Gasteiger partial charge in [0.15, 0.2) is 0 Å². The van der Waals surface area contributed by atoms with Crippen molar-refractivity contribution in [2.24, 2.45) is 11.1 Å². The molecule has 0 bridgehead atoms. The third-order valence-electron chi connectivity index (χ3n) is 2.36. The van der Waals surface area contributed by atoms with Crippen molar-refractivity contribution < 1.29 is 4.79 Å². The molecule has 2 N–H and O–H groups in total. The Morgan fingerprint density at radius 3 is 2.69 bits per heavy atom. The maximum Gasteiger partial charge on any atom is 0.234 e. The van der Waals surface area contributed by atoms with Gasteiger partial charge in [-0.3, -0.25) is 9.69 Å². The Labute approximate surface area is 78.3 Å². The fourth-order valence-corrected chi connectivity index (χ4v) is 1.50. The second-order valence-corrected chi connectivity index (χ2v) is 4.17. The molecule has 0 aliphatic carbocycles. The van der Waals surface area contributed by atoms with Gasteiger partial charge in [-0.05, 0) is 20.3 Å². The van der Waals surface area contributed by atoms with E-state index in [4.69, 9.17) is 11.0 Å². The summed E-state index contributed by atoms with van der Waals surface area (Å²) < 4.78 is 0. The number of likely N-dealkylation sites (tertiary alicyclic amines) is 1. The first-order chi connectivity index (χ1) is 5.96. The maximum absolute atomic E-state index is 10.9. The molecule has 1 fully saturated rings. The van der Waals surface area contributed by atoms with Gasteiger partial charge in [-0.25, -0.2) is 0 Å². The summed E-state index contributed by atoms with van der Waals surface area (Å²) >= 11 is 0. The molecule has 1 saturated heterocycles. The van der Waals surface area contributed by atoms with E-state index in [1.54, 1.807) is 0 Å². The number of nitrogens with zero attached hydrogens (tertiary/aromatic N) is 2. The first-order valence-electron chi connectivity index (χ1n) is 4.41. The summed E-state index contributed by atoms with van der Waals surface area (Å²) in [7, 11) is 0. The molecule has 13 heavy (non-hydrogen) atoms. The van der Waals surface area contributed by atoms with Crippen LogP contribution in [0.1, 0.15) is 20.3 Å². The van der Waals surface area contributed by atoms with Crippen LogP contribution in [0.3, 0.4) is 0 Å². The van der Waals surface area contributed by atoms with Crippen LogP contribution in [0, 0.1) is 16.7 Å². The van der Waals surface area contributed by atoms with E-state index in [1.807, 2.05) is 18.7 Å². The number of hydrogen-bond donors (Lipinski definition) is 1. The van der Waals surface area contributed by atoms with Gasteiger partial charge >= 0.3 is 0 Å². The van der Waals surface area contributed by atoms with Crippen LogP contribution in [-0.2, 0) is 4.79 Å². The number of carbonyl (C=O) groups excluding carboxylic acids is 1. The fourth-order valence-electron chi connectivity index (χ4n) is 1.50. The van der Waals surface area contributed by atoms with E-state index in [0.717, 1.165) is 13.0 Å². The van der Waals surface area contributed by atoms with Crippen molar-refractivity contribution >= 4 is 5.91 Å². The summed E-state index contributed by atoms with van der Waals surface area (Å²) in [6.45, 7) is 5.22. The van der Waals surface area contributed by atoms with E-state index in [9.17, 15) is 4.79 Å². The van der Waals surface area contributed by atoms with E-state index in [0.29, 0.717) is 6.54 Å². The van der Waals surface area contributed by atoms with E-state index in [-0.39, 0.29) is 11.9 Å².